The van der Waals surface area contributed by atoms with Crippen molar-refractivity contribution in [1.82, 2.24) is 5.16 Å². The second kappa shape index (κ2) is 6.36. The maximum atomic E-state index is 6.11. The summed E-state index contributed by atoms with van der Waals surface area (Å²) in [6.45, 7) is 12.1. The Bertz CT molecular complexity index is 813. The van der Waals surface area contributed by atoms with Crippen LogP contribution in [0.3, 0.4) is 0 Å². The van der Waals surface area contributed by atoms with Crippen molar-refractivity contribution in [2.75, 3.05) is 0 Å². The molecule has 1 aliphatic heterocycles. The number of hydrogen-bond donors (Lipinski definition) is 0. The smallest absolute Gasteiger partial charge is 0.399 e. The molecule has 0 saturated carbocycles. The van der Waals surface area contributed by atoms with E-state index in [-0.39, 0.29) is 24.2 Å². The highest BCUT2D eigenvalue weighted by Gasteiger charge is 2.51. The molecule has 5 heteroatoms. The molecule has 0 N–H and O–H groups in total. The van der Waals surface area contributed by atoms with Gasteiger partial charge >= 0.3 is 7.12 Å². The van der Waals surface area contributed by atoms with E-state index in [4.69, 9.17) is 13.8 Å². The molecule has 0 amide bonds. The van der Waals surface area contributed by atoms with Crippen LogP contribution in [0, 0.1) is 18.8 Å². The maximum Gasteiger partial charge on any atom is 0.494 e. The van der Waals surface area contributed by atoms with Gasteiger partial charge in [0.2, 0.25) is 0 Å². The van der Waals surface area contributed by atoms with Gasteiger partial charge < -0.3 is 13.8 Å². The molecule has 1 atom stereocenters. The average Bonchev–Trinajstić information content (AvgIpc) is 3.06. The quantitative estimate of drug-likeness (QED) is 0.622. The van der Waals surface area contributed by atoms with Crippen LogP contribution >= 0.6 is 0 Å². The molecule has 0 aliphatic carbocycles. The SMILES string of the molecule is Cc1cc([C@@H](C)C#Cc2cccc(B3OC(C)(C)C(C)(C)O3)c2)no1. The van der Waals surface area contributed by atoms with E-state index in [0.29, 0.717) is 0 Å². The fourth-order valence-electron chi connectivity index (χ4n) is 2.60. The zero-order valence-corrected chi connectivity index (χ0v) is 15.7. The zero-order chi connectivity index (χ0) is 18.2. The van der Waals surface area contributed by atoms with E-state index >= 15 is 0 Å². The summed E-state index contributed by atoms with van der Waals surface area (Å²) >= 11 is 0. The van der Waals surface area contributed by atoms with Gasteiger partial charge in [-0.15, -0.1) is 0 Å². The Morgan fingerprint density at radius 1 is 1.08 bits per heavy atom. The predicted molar refractivity (Wildman–Crippen MR) is 98.7 cm³/mol. The van der Waals surface area contributed by atoms with Gasteiger partial charge in [-0.2, -0.15) is 0 Å². The molecular weight excluding hydrogens is 313 g/mol. The van der Waals surface area contributed by atoms with Gasteiger partial charge in [0.15, 0.2) is 0 Å². The van der Waals surface area contributed by atoms with Crippen LogP contribution in [0.5, 0.6) is 0 Å². The summed E-state index contributed by atoms with van der Waals surface area (Å²) in [6.07, 6.45) is 0. The average molecular weight is 337 g/mol. The third-order valence-corrected chi connectivity index (χ3v) is 4.93. The van der Waals surface area contributed by atoms with Crippen molar-refractivity contribution in [3.63, 3.8) is 0 Å². The Kier molecular flexibility index (Phi) is 4.53. The van der Waals surface area contributed by atoms with E-state index in [1.807, 2.05) is 44.2 Å². The number of aryl methyl sites for hydroxylation is 1. The van der Waals surface area contributed by atoms with Crippen LogP contribution in [0.4, 0.5) is 0 Å². The molecular formula is C20H24BNO3. The first-order valence-corrected chi connectivity index (χ1v) is 8.58. The molecule has 2 aromatic rings. The van der Waals surface area contributed by atoms with E-state index < -0.39 is 0 Å². The Morgan fingerprint density at radius 3 is 2.36 bits per heavy atom. The molecule has 0 spiro atoms. The number of hydrogen-bond acceptors (Lipinski definition) is 4. The fraction of sp³-hybridized carbons (Fsp3) is 0.450. The van der Waals surface area contributed by atoms with Crippen molar-refractivity contribution < 1.29 is 13.8 Å². The number of aromatic nitrogens is 1. The van der Waals surface area contributed by atoms with E-state index in [9.17, 15) is 0 Å². The van der Waals surface area contributed by atoms with Gasteiger partial charge in [0.05, 0.1) is 22.8 Å². The minimum atomic E-state index is -0.373. The molecule has 0 radical (unpaired) electrons. The first-order chi connectivity index (χ1) is 11.7. The summed E-state index contributed by atoms with van der Waals surface area (Å²) in [4.78, 5) is 0. The standard InChI is InChI=1S/C20H24BNO3/c1-14(18-12-15(2)23-22-18)10-11-16-8-7-9-17(13-16)21-24-19(3,4)20(5,6)25-21/h7-9,12-14H,1-6H3/t14-/m0/s1. The molecule has 2 heterocycles. The van der Waals surface area contributed by atoms with Crippen molar-refractivity contribution in [2.24, 2.45) is 0 Å². The van der Waals surface area contributed by atoms with Crippen LogP contribution in [0.25, 0.3) is 0 Å². The third kappa shape index (κ3) is 3.66. The first-order valence-electron chi connectivity index (χ1n) is 8.58. The Labute approximate surface area is 150 Å². The molecule has 1 fully saturated rings. The summed E-state index contributed by atoms with van der Waals surface area (Å²) in [6, 6.07) is 9.92. The van der Waals surface area contributed by atoms with Crippen molar-refractivity contribution >= 4 is 12.6 Å². The van der Waals surface area contributed by atoms with Crippen molar-refractivity contribution in [3.8, 4) is 11.8 Å². The maximum absolute atomic E-state index is 6.11. The molecule has 3 rings (SSSR count). The van der Waals surface area contributed by atoms with Gasteiger partial charge in [-0.3, -0.25) is 0 Å². The van der Waals surface area contributed by atoms with Crippen molar-refractivity contribution in [3.05, 3.63) is 47.3 Å². The van der Waals surface area contributed by atoms with Crippen molar-refractivity contribution in [2.45, 2.75) is 58.7 Å². The third-order valence-electron chi connectivity index (χ3n) is 4.93. The molecule has 1 aromatic carbocycles. The molecule has 130 valence electrons. The van der Waals surface area contributed by atoms with Gasteiger partial charge in [-0.05, 0) is 59.1 Å². The van der Waals surface area contributed by atoms with E-state index in [1.165, 1.54) is 0 Å². The van der Waals surface area contributed by atoms with E-state index in [1.54, 1.807) is 0 Å². The molecule has 4 nitrogen and oxygen atoms in total. The lowest BCUT2D eigenvalue weighted by atomic mass is 9.78. The fourth-order valence-corrected chi connectivity index (χ4v) is 2.60. The van der Waals surface area contributed by atoms with Gasteiger partial charge in [-0.25, -0.2) is 0 Å². The van der Waals surface area contributed by atoms with E-state index in [2.05, 4.69) is 44.7 Å². The summed E-state index contributed by atoms with van der Waals surface area (Å²) in [5, 5.41) is 4.02. The summed E-state index contributed by atoms with van der Waals surface area (Å²) in [5.74, 6) is 7.25. The highest BCUT2D eigenvalue weighted by atomic mass is 16.7. The molecule has 0 unspecified atom stereocenters. The van der Waals surface area contributed by atoms with Gasteiger partial charge in [0.1, 0.15) is 5.76 Å². The minimum Gasteiger partial charge on any atom is -0.399 e. The number of benzene rings is 1. The van der Waals surface area contributed by atoms with Gasteiger partial charge in [-0.1, -0.05) is 29.1 Å². The topological polar surface area (TPSA) is 44.5 Å². The lowest BCUT2D eigenvalue weighted by Crippen LogP contribution is -2.41. The second-order valence-corrected chi connectivity index (χ2v) is 7.57. The normalized spacial score (nSPS) is 19.4. The Hall–Kier alpha value is -2.03. The Balaban J connectivity index is 1.78. The monoisotopic (exact) mass is 337 g/mol. The van der Waals surface area contributed by atoms with Gasteiger partial charge in [0, 0.05) is 11.6 Å². The lowest BCUT2D eigenvalue weighted by Gasteiger charge is -2.32. The molecule has 1 saturated heterocycles. The zero-order valence-electron chi connectivity index (χ0n) is 15.7. The number of rotatable bonds is 2. The molecule has 1 aromatic heterocycles. The first kappa shape index (κ1) is 17.8. The summed E-state index contributed by atoms with van der Waals surface area (Å²) in [5.41, 5.74) is 2.07. The van der Waals surface area contributed by atoms with Gasteiger partial charge in [0.25, 0.3) is 0 Å². The minimum absolute atomic E-state index is 0.0120. The predicted octanol–water partition coefficient (Wildman–Crippen LogP) is 3.44. The second-order valence-electron chi connectivity index (χ2n) is 7.57. The number of nitrogens with zero attached hydrogens (tertiary/aromatic N) is 1. The highest BCUT2D eigenvalue weighted by molar-refractivity contribution is 6.62. The molecule has 25 heavy (non-hydrogen) atoms. The molecule has 0 bridgehead atoms. The van der Waals surface area contributed by atoms with Crippen LogP contribution in [-0.2, 0) is 9.31 Å². The molecule has 1 aliphatic rings. The lowest BCUT2D eigenvalue weighted by molar-refractivity contribution is 0.00578. The van der Waals surface area contributed by atoms with Crippen LogP contribution in [0.15, 0.2) is 34.9 Å². The van der Waals surface area contributed by atoms with Crippen LogP contribution in [0.1, 0.15) is 57.6 Å². The summed E-state index contributed by atoms with van der Waals surface area (Å²) in [7, 11) is -0.373. The van der Waals surface area contributed by atoms with Crippen LogP contribution in [-0.4, -0.2) is 23.5 Å². The largest absolute Gasteiger partial charge is 0.494 e. The Morgan fingerprint density at radius 2 is 1.76 bits per heavy atom. The van der Waals surface area contributed by atoms with Crippen LogP contribution in [0.2, 0.25) is 0 Å². The summed E-state index contributed by atoms with van der Waals surface area (Å²) < 4.78 is 17.3. The highest BCUT2D eigenvalue weighted by Crippen LogP contribution is 2.36. The van der Waals surface area contributed by atoms with E-state index in [0.717, 1.165) is 22.5 Å². The van der Waals surface area contributed by atoms with Crippen LogP contribution < -0.4 is 5.46 Å². The van der Waals surface area contributed by atoms with Crippen molar-refractivity contribution in [1.29, 1.82) is 0 Å².